The number of hydrogen-bond acceptors (Lipinski definition) is 7. The maximum atomic E-state index is 12.7. The van der Waals surface area contributed by atoms with E-state index in [1.165, 1.54) is 17.4 Å². The maximum Gasteiger partial charge on any atom is 0.410 e. The number of nitrogens with one attached hydrogen (secondary N) is 2. The molecule has 1 aliphatic heterocycles. The molecular weight excluding hydrogens is 422 g/mol. The molecule has 10 nitrogen and oxygen atoms in total. The predicted octanol–water partition coefficient (Wildman–Crippen LogP) is 4.08. The van der Waals surface area contributed by atoms with E-state index in [9.17, 15) is 19.7 Å². The van der Waals surface area contributed by atoms with Gasteiger partial charge in [-0.05, 0) is 26.8 Å². The number of nitrogens with zero attached hydrogens (tertiary/aromatic N) is 3. The summed E-state index contributed by atoms with van der Waals surface area (Å²) in [6.07, 6.45) is 0.191. The fourth-order valence-electron chi connectivity index (χ4n) is 3.31. The molecule has 2 aromatic heterocycles. The van der Waals surface area contributed by atoms with Gasteiger partial charge in [0.15, 0.2) is 5.13 Å². The first-order valence-corrected chi connectivity index (χ1v) is 10.5. The largest absolute Gasteiger partial charge is 0.444 e. The summed E-state index contributed by atoms with van der Waals surface area (Å²) in [6.45, 7) is 6.32. The van der Waals surface area contributed by atoms with E-state index in [1.807, 2.05) is 20.8 Å². The number of para-hydroxylation sites is 1. The lowest BCUT2D eigenvalue weighted by atomic mass is 10.2. The number of nitro groups is 1. The number of amides is 2. The normalized spacial score (nSPS) is 13.7. The van der Waals surface area contributed by atoms with E-state index in [0.717, 1.165) is 10.6 Å². The van der Waals surface area contributed by atoms with Crippen LogP contribution in [0.5, 0.6) is 0 Å². The minimum atomic E-state index is -0.571. The fraction of sp³-hybridized carbons (Fsp3) is 0.350. The molecule has 4 rings (SSSR count). The Morgan fingerprint density at radius 1 is 1.35 bits per heavy atom. The molecule has 0 unspecified atom stereocenters. The van der Waals surface area contributed by atoms with Crippen LogP contribution in [0.1, 0.15) is 41.8 Å². The zero-order valence-electron chi connectivity index (χ0n) is 17.2. The highest BCUT2D eigenvalue weighted by molar-refractivity contribution is 7.15. The molecule has 11 heteroatoms. The minimum Gasteiger partial charge on any atom is -0.444 e. The molecule has 3 heterocycles. The molecule has 0 atom stereocenters. The summed E-state index contributed by atoms with van der Waals surface area (Å²) in [7, 11) is 0. The number of fused-ring (bicyclic) bond motifs is 2. The maximum absolute atomic E-state index is 12.7. The number of benzene rings is 1. The van der Waals surface area contributed by atoms with Crippen molar-refractivity contribution in [3.63, 3.8) is 0 Å². The van der Waals surface area contributed by atoms with Gasteiger partial charge in [-0.1, -0.05) is 23.5 Å². The van der Waals surface area contributed by atoms with E-state index in [4.69, 9.17) is 4.74 Å². The highest BCUT2D eigenvalue weighted by Crippen LogP contribution is 2.30. The first-order valence-electron chi connectivity index (χ1n) is 9.65. The summed E-state index contributed by atoms with van der Waals surface area (Å²) < 4.78 is 5.43. The van der Waals surface area contributed by atoms with Gasteiger partial charge in [-0.25, -0.2) is 9.78 Å². The average molecular weight is 443 g/mol. The van der Waals surface area contributed by atoms with Gasteiger partial charge in [0.25, 0.3) is 11.6 Å². The number of nitro benzene ring substituents is 1. The van der Waals surface area contributed by atoms with Crippen molar-refractivity contribution in [2.75, 3.05) is 11.9 Å². The number of carbonyl (C=O) groups excluding carboxylic acids is 2. The Labute approximate surface area is 181 Å². The van der Waals surface area contributed by atoms with E-state index in [2.05, 4.69) is 15.3 Å². The third-order valence-electron chi connectivity index (χ3n) is 4.68. The topological polar surface area (TPSA) is 130 Å². The van der Waals surface area contributed by atoms with Crippen LogP contribution in [-0.2, 0) is 17.7 Å². The van der Waals surface area contributed by atoms with Crippen molar-refractivity contribution in [1.82, 2.24) is 14.9 Å². The molecule has 0 fully saturated rings. The van der Waals surface area contributed by atoms with Gasteiger partial charge >= 0.3 is 6.09 Å². The first kappa shape index (κ1) is 20.8. The summed E-state index contributed by atoms with van der Waals surface area (Å²) in [6, 6.07) is 6.21. The molecule has 0 spiro atoms. The first-order chi connectivity index (χ1) is 14.6. The molecule has 0 saturated carbocycles. The van der Waals surface area contributed by atoms with Crippen LogP contribution < -0.4 is 5.32 Å². The standard InChI is InChI=1S/C20H21N5O5S/c1-20(2,3)30-19(27)24-8-7-12-15(10-24)31-18(22-12)23-17(26)13-9-11-5-4-6-14(25(28)29)16(11)21-13/h4-6,9,21H,7-8,10H2,1-3H3,(H,22,23,26). The van der Waals surface area contributed by atoms with Gasteiger partial charge in [0.1, 0.15) is 16.8 Å². The Morgan fingerprint density at radius 2 is 2.13 bits per heavy atom. The Hall–Kier alpha value is -3.47. The predicted molar refractivity (Wildman–Crippen MR) is 115 cm³/mol. The summed E-state index contributed by atoms with van der Waals surface area (Å²) in [4.78, 5) is 45.5. The van der Waals surface area contributed by atoms with Crippen molar-refractivity contribution in [2.24, 2.45) is 0 Å². The van der Waals surface area contributed by atoms with Crippen molar-refractivity contribution in [1.29, 1.82) is 0 Å². The third-order valence-corrected chi connectivity index (χ3v) is 5.68. The second-order valence-corrected chi connectivity index (χ2v) is 9.26. The van der Waals surface area contributed by atoms with Crippen molar-refractivity contribution in [2.45, 2.75) is 39.3 Å². The number of non-ortho nitro benzene ring substituents is 1. The van der Waals surface area contributed by atoms with Gasteiger partial charge in [-0.15, -0.1) is 0 Å². The lowest BCUT2D eigenvalue weighted by molar-refractivity contribution is -0.383. The van der Waals surface area contributed by atoms with Crippen LogP contribution in [0, 0.1) is 10.1 Å². The lowest BCUT2D eigenvalue weighted by Crippen LogP contribution is -2.39. The smallest absolute Gasteiger partial charge is 0.410 e. The molecule has 0 aliphatic carbocycles. The molecule has 0 bridgehead atoms. The van der Waals surface area contributed by atoms with E-state index < -0.39 is 16.4 Å². The third kappa shape index (κ3) is 4.36. The number of thiazole rings is 1. The second-order valence-electron chi connectivity index (χ2n) is 8.18. The van der Waals surface area contributed by atoms with Crippen LogP contribution in [0.3, 0.4) is 0 Å². The molecule has 1 aliphatic rings. The quantitative estimate of drug-likeness (QED) is 0.463. The Balaban J connectivity index is 1.49. The molecule has 0 radical (unpaired) electrons. The average Bonchev–Trinajstić information content (AvgIpc) is 3.28. The van der Waals surface area contributed by atoms with Gasteiger partial charge < -0.3 is 14.6 Å². The molecule has 31 heavy (non-hydrogen) atoms. The molecule has 3 aromatic rings. The highest BCUT2D eigenvalue weighted by Gasteiger charge is 2.28. The number of aromatic amines is 1. The van der Waals surface area contributed by atoms with E-state index >= 15 is 0 Å². The van der Waals surface area contributed by atoms with E-state index in [1.54, 1.807) is 23.1 Å². The Morgan fingerprint density at radius 3 is 2.84 bits per heavy atom. The lowest BCUT2D eigenvalue weighted by Gasteiger charge is -2.29. The summed E-state index contributed by atoms with van der Waals surface area (Å²) in [5, 5.41) is 14.9. The number of rotatable bonds is 3. The molecule has 0 saturated heterocycles. The SMILES string of the molecule is CC(C)(C)OC(=O)N1CCc2nc(NC(=O)c3cc4cccc([N+](=O)[O-])c4[nH]3)sc2C1. The van der Waals surface area contributed by atoms with E-state index in [0.29, 0.717) is 35.5 Å². The number of carbonyl (C=O) groups is 2. The van der Waals surface area contributed by atoms with Crippen LogP contribution in [0.4, 0.5) is 15.6 Å². The number of ether oxygens (including phenoxy) is 1. The Bertz CT molecular complexity index is 1190. The summed E-state index contributed by atoms with van der Waals surface area (Å²) in [5.41, 5.74) is 0.673. The molecule has 2 amide bonds. The molecule has 162 valence electrons. The minimum absolute atomic E-state index is 0.0940. The van der Waals surface area contributed by atoms with Crippen LogP contribution in [0.25, 0.3) is 10.9 Å². The Kier molecular flexibility index (Phi) is 5.13. The van der Waals surface area contributed by atoms with Gasteiger partial charge in [-0.3, -0.25) is 20.2 Å². The van der Waals surface area contributed by atoms with Crippen molar-refractivity contribution in [3.05, 3.63) is 50.6 Å². The van der Waals surface area contributed by atoms with Crippen LogP contribution in [0.15, 0.2) is 24.3 Å². The number of anilines is 1. The van der Waals surface area contributed by atoms with Crippen LogP contribution >= 0.6 is 11.3 Å². The molecule has 1 aromatic carbocycles. The van der Waals surface area contributed by atoms with Gasteiger partial charge in [0.05, 0.1) is 17.2 Å². The zero-order valence-corrected chi connectivity index (χ0v) is 18.0. The number of H-pyrrole nitrogens is 1. The number of hydrogen-bond donors (Lipinski definition) is 2. The fourth-order valence-corrected chi connectivity index (χ4v) is 4.33. The second kappa shape index (κ2) is 7.65. The zero-order chi connectivity index (χ0) is 22.3. The van der Waals surface area contributed by atoms with Crippen molar-refractivity contribution >= 4 is 45.1 Å². The molecular formula is C20H21N5O5S. The van der Waals surface area contributed by atoms with Gasteiger partial charge in [0, 0.05) is 29.3 Å². The summed E-state index contributed by atoms with van der Waals surface area (Å²) in [5.74, 6) is -0.444. The van der Waals surface area contributed by atoms with Crippen LogP contribution in [0.2, 0.25) is 0 Å². The van der Waals surface area contributed by atoms with Crippen LogP contribution in [-0.4, -0.2) is 43.9 Å². The summed E-state index contributed by atoms with van der Waals surface area (Å²) >= 11 is 1.30. The van der Waals surface area contributed by atoms with E-state index in [-0.39, 0.29) is 17.5 Å². The van der Waals surface area contributed by atoms with Gasteiger partial charge in [0.2, 0.25) is 0 Å². The highest BCUT2D eigenvalue weighted by atomic mass is 32.1. The van der Waals surface area contributed by atoms with Crippen molar-refractivity contribution < 1.29 is 19.2 Å². The molecule has 2 N–H and O–H groups in total. The monoisotopic (exact) mass is 443 g/mol. The number of aromatic nitrogens is 2. The van der Waals surface area contributed by atoms with Gasteiger partial charge in [-0.2, -0.15) is 0 Å². The van der Waals surface area contributed by atoms with Crippen molar-refractivity contribution in [3.8, 4) is 0 Å².